The van der Waals surface area contributed by atoms with Gasteiger partial charge in [-0.05, 0) is 30.2 Å². The average molecular weight is 359 g/mol. The van der Waals surface area contributed by atoms with E-state index in [9.17, 15) is 0 Å². The summed E-state index contributed by atoms with van der Waals surface area (Å²) in [6.45, 7) is 14.5. The zero-order chi connectivity index (χ0) is 19.8. The maximum Gasteiger partial charge on any atom is 0.155 e. The third kappa shape index (κ3) is 8.92. The van der Waals surface area contributed by atoms with Crippen molar-refractivity contribution < 1.29 is 1.43 Å². The fraction of sp³-hybridized carbons (Fsp3) is 0.400. The molecule has 4 rings (SSSR count). The molecular weight excluding hydrogens is 324 g/mol. The van der Waals surface area contributed by atoms with Crippen LogP contribution in [0.3, 0.4) is 0 Å². The van der Waals surface area contributed by atoms with Crippen molar-refractivity contribution in [3.63, 3.8) is 0 Å². The lowest BCUT2D eigenvalue weighted by atomic mass is 10.3. The van der Waals surface area contributed by atoms with Crippen molar-refractivity contribution in [3.8, 4) is 0 Å². The van der Waals surface area contributed by atoms with E-state index in [0.717, 1.165) is 22.6 Å². The Morgan fingerprint density at radius 2 is 1.35 bits per heavy atom. The lowest BCUT2D eigenvalue weighted by Gasteiger charge is -1.84. The number of H-pyrrole nitrogens is 1. The number of aromatic amines is 1. The number of fused-ring (bicyclic) bond motifs is 2. The Balaban J connectivity index is 0. The monoisotopic (exact) mass is 358 g/mol. The molecule has 0 aliphatic rings. The van der Waals surface area contributed by atoms with E-state index in [2.05, 4.69) is 46.3 Å². The van der Waals surface area contributed by atoms with Gasteiger partial charge in [0, 0.05) is 7.62 Å². The van der Waals surface area contributed by atoms with Gasteiger partial charge in [-0.15, -0.1) is 0 Å². The predicted molar refractivity (Wildman–Crippen MR) is 112 cm³/mol. The molecular formula is C20H34N6. The SMILES string of the molecule is CC.CC.CC(C)C.[HH].c1ccc2n[nH]nc2c1.c1ccn2ncnc2c1. The first kappa shape index (κ1) is 23.2. The molecule has 3 heterocycles. The summed E-state index contributed by atoms with van der Waals surface area (Å²) >= 11 is 0. The van der Waals surface area contributed by atoms with Gasteiger partial charge in [0.1, 0.15) is 17.4 Å². The van der Waals surface area contributed by atoms with Crippen LogP contribution in [0.15, 0.2) is 55.0 Å². The Morgan fingerprint density at radius 3 is 1.85 bits per heavy atom. The lowest BCUT2D eigenvalue weighted by Crippen LogP contribution is -1.82. The number of benzene rings is 1. The quantitative estimate of drug-likeness (QED) is 0.441. The van der Waals surface area contributed by atoms with Gasteiger partial charge < -0.3 is 0 Å². The summed E-state index contributed by atoms with van der Waals surface area (Å²) in [4.78, 5) is 3.97. The van der Waals surface area contributed by atoms with Crippen LogP contribution in [0.2, 0.25) is 0 Å². The second-order valence-corrected chi connectivity index (χ2v) is 5.31. The summed E-state index contributed by atoms with van der Waals surface area (Å²) < 4.78 is 1.72. The van der Waals surface area contributed by atoms with Gasteiger partial charge >= 0.3 is 0 Å². The molecule has 4 aromatic rings. The van der Waals surface area contributed by atoms with Crippen molar-refractivity contribution in [3.05, 3.63) is 55.0 Å². The highest BCUT2D eigenvalue weighted by molar-refractivity contribution is 5.72. The molecule has 6 nitrogen and oxygen atoms in total. The lowest BCUT2D eigenvalue weighted by molar-refractivity contribution is 0.737. The van der Waals surface area contributed by atoms with E-state index in [1.165, 1.54) is 6.33 Å². The molecule has 0 fully saturated rings. The molecule has 3 aromatic heterocycles. The zero-order valence-electron chi connectivity index (χ0n) is 17.0. The fourth-order valence-electron chi connectivity index (χ4n) is 1.55. The predicted octanol–water partition coefficient (Wildman–Crippen LogP) is 5.65. The van der Waals surface area contributed by atoms with E-state index in [0.29, 0.717) is 0 Å². The second-order valence-electron chi connectivity index (χ2n) is 5.31. The van der Waals surface area contributed by atoms with Crippen LogP contribution >= 0.6 is 0 Å². The summed E-state index contributed by atoms with van der Waals surface area (Å²) in [5.41, 5.74) is 2.72. The van der Waals surface area contributed by atoms with E-state index in [1.54, 1.807) is 4.52 Å². The van der Waals surface area contributed by atoms with Gasteiger partial charge in [-0.2, -0.15) is 20.5 Å². The van der Waals surface area contributed by atoms with E-state index >= 15 is 0 Å². The van der Waals surface area contributed by atoms with E-state index in [4.69, 9.17) is 0 Å². The minimum Gasteiger partial charge on any atom is -0.221 e. The first-order valence-corrected chi connectivity index (χ1v) is 9.16. The van der Waals surface area contributed by atoms with Crippen LogP contribution in [0.25, 0.3) is 16.7 Å². The third-order valence-electron chi connectivity index (χ3n) is 2.41. The highest BCUT2D eigenvalue weighted by atomic mass is 15.3. The molecule has 0 amide bonds. The molecule has 26 heavy (non-hydrogen) atoms. The second kappa shape index (κ2) is 14.6. The number of pyridine rings is 1. The number of nitrogens with one attached hydrogen (secondary N) is 1. The Bertz CT molecular complexity index is 681. The molecule has 1 N–H and O–H groups in total. The molecule has 144 valence electrons. The van der Waals surface area contributed by atoms with Gasteiger partial charge in [0.15, 0.2) is 5.65 Å². The molecule has 0 atom stereocenters. The van der Waals surface area contributed by atoms with Crippen LogP contribution in [-0.2, 0) is 0 Å². The minimum atomic E-state index is 0. The topological polar surface area (TPSA) is 71.8 Å². The van der Waals surface area contributed by atoms with Gasteiger partial charge in [-0.1, -0.05) is 66.7 Å². The zero-order valence-corrected chi connectivity index (χ0v) is 17.0. The van der Waals surface area contributed by atoms with E-state index in [-0.39, 0.29) is 1.43 Å². The number of hydrogen-bond acceptors (Lipinski definition) is 4. The Labute approximate surface area is 158 Å². The molecule has 1 aromatic carbocycles. The highest BCUT2D eigenvalue weighted by Crippen LogP contribution is 2.03. The summed E-state index contributed by atoms with van der Waals surface area (Å²) in [5.74, 6) is 0.833. The molecule has 0 bridgehead atoms. The van der Waals surface area contributed by atoms with Crippen LogP contribution in [0, 0.1) is 5.92 Å². The largest absolute Gasteiger partial charge is 0.221 e. The standard InChI is InChI=1S/2C6H5N3.C4H10.2C2H6.H2/c1-2-4-9-6(3-1)7-5-8-9;1-2-4-6-5(3-1)7-9-8-6;1-4(2)3;2*1-2;/h1-5H;1-4H,(H,7,8,9);4H,1-3H3;2*1-2H3;1H. The van der Waals surface area contributed by atoms with Crippen molar-refractivity contribution >= 4 is 16.7 Å². The van der Waals surface area contributed by atoms with Gasteiger partial charge in [-0.3, -0.25) is 0 Å². The Hall–Kier alpha value is -2.76. The summed E-state index contributed by atoms with van der Waals surface area (Å²) in [6, 6.07) is 13.5. The number of hydrogen-bond donors (Lipinski definition) is 1. The number of rotatable bonds is 0. The Morgan fingerprint density at radius 1 is 0.846 bits per heavy atom. The number of aromatic nitrogens is 6. The molecule has 6 heteroatoms. The van der Waals surface area contributed by atoms with Gasteiger partial charge in [0.25, 0.3) is 0 Å². The van der Waals surface area contributed by atoms with Crippen LogP contribution in [0.5, 0.6) is 0 Å². The van der Waals surface area contributed by atoms with Crippen molar-refractivity contribution in [2.75, 3.05) is 0 Å². The van der Waals surface area contributed by atoms with Gasteiger partial charge in [-0.25, -0.2) is 9.50 Å². The molecule has 0 aliphatic heterocycles. The van der Waals surface area contributed by atoms with Crippen molar-refractivity contribution in [2.45, 2.75) is 48.5 Å². The average Bonchev–Trinajstić information content (AvgIpc) is 3.34. The maximum atomic E-state index is 3.97. The molecule has 0 unspecified atom stereocenters. The number of nitrogens with zero attached hydrogens (tertiary/aromatic N) is 5. The van der Waals surface area contributed by atoms with Crippen LogP contribution in [0.4, 0.5) is 0 Å². The van der Waals surface area contributed by atoms with Gasteiger partial charge in [0.05, 0.1) is 0 Å². The summed E-state index contributed by atoms with van der Waals surface area (Å²) in [7, 11) is 0. The molecule has 0 saturated heterocycles. The maximum absolute atomic E-state index is 3.97. The highest BCUT2D eigenvalue weighted by Gasteiger charge is 1.90. The van der Waals surface area contributed by atoms with Crippen molar-refractivity contribution in [1.29, 1.82) is 0 Å². The van der Waals surface area contributed by atoms with Crippen molar-refractivity contribution in [2.24, 2.45) is 5.92 Å². The normalized spacial score (nSPS) is 8.92. The van der Waals surface area contributed by atoms with Crippen LogP contribution < -0.4 is 0 Å². The third-order valence-corrected chi connectivity index (χ3v) is 2.41. The van der Waals surface area contributed by atoms with Crippen LogP contribution in [-0.4, -0.2) is 30.0 Å². The van der Waals surface area contributed by atoms with E-state index in [1.807, 2.05) is 76.4 Å². The number of para-hydroxylation sites is 2. The fourth-order valence-corrected chi connectivity index (χ4v) is 1.55. The van der Waals surface area contributed by atoms with Crippen molar-refractivity contribution in [1.82, 2.24) is 30.0 Å². The summed E-state index contributed by atoms with van der Waals surface area (Å²) in [6.07, 6.45) is 3.40. The summed E-state index contributed by atoms with van der Waals surface area (Å²) in [5, 5.41) is 14.2. The van der Waals surface area contributed by atoms with Crippen LogP contribution in [0.1, 0.15) is 49.9 Å². The first-order chi connectivity index (χ1) is 12.7. The minimum absolute atomic E-state index is 0. The molecule has 0 aliphatic carbocycles. The Kier molecular flexibility index (Phi) is 13.0. The van der Waals surface area contributed by atoms with Gasteiger partial charge in [0.2, 0.25) is 0 Å². The molecule has 0 radical (unpaired) electrons. The smallest absolute Gasteiger partial charge is 0.155 e. The molecule has 0 spiro atoms. The first-order valence-electron chi connectivity index (χ1n) is 9.16. The molecule has 0 saturated carbocycles. The van der Waals surface area contributed by atoms with E-state index < -0.39 is 0 Å².